The highest BCUT2D eigenvalue weighted by atomic mass is 32.3. The van der Waals surface area contributed by atoms with Crippen LogP contribution >= 0.6 is 44.5 Å². The van der Waals surface area contributed by atoms with Crippen LogP contribution in [0, 0.1) is 11.2 Å². The van der Waals surface area contributed by atoms with Gasteiger partial charge in [-0.05, 0) is 83.5 Å². The van der Waals surface area contributed by atoms with Crippen LogP contribution in [0.15, 0.2) is 65.6 Å². The Labute approximate surface area is 201 Å². The van der Waals surface area contributed by atoms with Crippen molar-refractivity contribution < 1.29 is 0 Å². The smallest absolute Gasteiger partial charge is 0.0395 e. The fourth-order valence-electron chi connectivity index (χ4n) is 4.24. The Morgan fingerprint density at radius 2 is 1.31 bits per heavy atom. The molecule has 0 spiro atoms. The second-order valence-electron chi connectivity index (χ2n) is 8.86. The molecule has 158 valence electrons. The molecule has 0 radical (unpaired) electrons. The van der Waals surface area contributed by atoms with E-state index in [4.69, 9.17) is 0 Å². The van der Waals surface area contributed by atoms with Crippen LogP contribution in [-0.2, 0) is 0 Å². The van der Waals surface area contributed by atoms with Gasteiger partial charge in [-0.1, -0.05) is 24.1 Å². The van der Waals surface area contributed by atoms with E-state index in [1.54, 1.807) is 11.8 Å². The lowest BCUT2D eigenvalue weighted by Crippen LogP contribution is -1.87. The fourth-order valence-corrected chi connectivity index (χ4v) is 7.52. The van der Waals surface area contributed by atoms with Crippen LogP contribution in [0.4, 0.5) is 0 Å². The van der Waals surface area contributed by atoms with Gasteiger partial charge in [0, 0.05) is 50.8 Å². The summed E-state index contributed by atoms with van der Waals surface area (Å²) in [5.74, 6) is 3.48. The summed E-state index contributed by atoms with van der Waals surface area (Å²) in [7, 11) is -0.849. The third-order valence-electron chi connectivity index (χ3n) is 5.74. The largest absolute Gasteiger partial charge is 0.186 e. The van der Waals surface area contributed by atoms with E-state index < -0.39 is 10.0 Å². The van der Waals surface area contributed by atoms with Gasteiger partial charge in [-0.2, -0.15) is 10.0 Å². The molecule has 0 amide bonds. The van der Waals surface area contributed by atoms with Crippen LogP contribution < -0.4 is 0 Å². The number of rotatable bonds is 1. The summed E-state index contributed by atoms with van der Waals surface area (Å²) < 4.78 is 5.46. The van der Waals surface area contributed by atoms with Gasteiger partial charge in [0.2, 0.25) is 0 Å². The Morgan fingerprint density at radius 1 is 0.688 bits per heavy atom. The van der Waals surface area contributed by atoms with Crippen molar-refractivity contribution in [2.45, 2.75) is 4.90 Å². The van der Waals surface area contributed by atoms with E-state index in [9.17, 15) is 0 Å². The van der Waals surface area contributed by atoms with Crippen molar-refractivity contribution in [2.24, 2.45) is 0 Å². The number of thioether (sulfide) groups is 1. The zero-order valence-electron chi connectivity index (χ0n) is 18.4. The Balaban J connectivity index is 1.61. The van der Waals surface area contributed by atoms with Crippen molar-refractivity contribution in [3.63, 3.8) is 0 Å². The first-order valence-corrected chi connectivity index (χ1v) is 16.1. The van der Waals surface area contributed by atoms with Crippen LogP contribution in [0.3, 0.4) is 0 Å². The topological polar surface area (TPSA) is 0 Å². The first-order valence-electron chi connectivity index (χ1n) is 10.4. The molecule has 0 aliphatic rings. The van der Waals surface area contributed by atoms with Crippen LogP contribution in [0.2, 0.25) is 0 Å². The molecule has 0 N–H and O–H groups in total. The predicted octanol–water partition coefficient (Wildman–Crippen LogP) is 9.30. The van der Waals surface area contributed by atoms with E-state index in [2.05, 4.69) is 96.9 Å². The lowest BCUT2D eigenvalue weighted by Gasteiger charge is -2.15. The van der Waals surface area contributed by atoms with E-state index in [-0.39, 0.29) is 0 Å². The Kier molecular flexibility index (Phi) is 4.75. The van der Waals surface area contributed by atoms with Crippen LogP contribution in [0.5, 0.6) is 0 Å². The summed E-state index contributed by atoms with van der Waals surface area (Å²) in [6.07, 6.45) is 8.88. The molecule has 0 saturated carbocycles. The molecule has 6 rings (SSSR count). The molecule has 0 unspecified atom stereocenters. The maximum atomic E-state index is 3.49. The molecule has 2 heterocycles. The van der Waals surface area contributed by atoms with Crippen molar-refractivity contribution >= 4 is 95.6 Å². The zero-order chi connectivity index (χ0) is 22.0. The summed E-state index contributed by atoms with van der Waals surface area (Å²) in [5.41, 5.74) is 1.15. The maximum Gasteiger partial charge on any atom is 0.0395 e. The maximum absolute atomic E-state index is 3.49. The molecule has 0 bridgehead atoms. The predicted molar refractivity (Wildman–Crippen MR) is 154 cm³/mol. The van der Waals surface area contributed by atoms with Crippen molar-refractivity contribution in [3.8, 4) is 11.2 Å². The number of benzene rings is 4. The Hall–Kier alpha value is -2.16. The van der Waals surface area contributed by atoms with Gasteiger partial charge in [0.25, 0.3) is 0 Å². The van der Waals surface area contributed by atoms with Gasteiger partial charge in [0.15, 0.2) is 0 Å². The summed E-state index contributed by atoms with van der Waals surface area (Å²) in [5, 5.41) is 11.5. The highest BCUT2D eigenvalue weighted by molar-refractivity contribution is 8.36. The normalized spacial score (nSPS) is 12.8. The fraction of sp³-hybridized carbons (Fsp3) is 0.143. The minimum absolute atomic E-state index is 0.849. The molecule has 32 heavy (non-hydrogen) atoms. The Bertz CT molecular complexity index is 1750. The van der Waals surface area contributed by atoms with E-state index in [1.165, 1.54) is 56.0 Å². The summed E-state index contributed by atoms with van der Waals surface area (Å²) in [6, 6.07) is 22.9. The molecule has 0 saturated heterocycles. The molecule has 2 aromatic heterocycles. The van der Waals surface area contributed by atoms with Crippen LogP contribution in [0.25, 0.3) is 51.1 Å². The SMILES string of the molecule is CSc1cc2cc3c(cc2cc1C#CS(C)(C)C)sc1cc2c(cc13)sc1ccccc12. The molecule has 0 aliphatic heterocycles. The van der Waals surface area contributed by atoms with Crippen LogP contribution in [0.1, 0.15) is 5.56 Å². The van der Waals surface area contributed by atoms with Gasteiger partial charge in [-0.3, -0.25) is 0 Å². The number of hydrogen-bond donors (Lipinski definition) is 0. The lowest BCUT2D eigenvalue weighted by molar-refractivity contribution is 1.46. The molecule has 0 fully saturated rings. The van der Waals surface area contributed by atoms with Gasteiger partial charge in [-0.25, -0.2) is 0 Å². The molecule has 4 aromatic carbocycles. The van der Waals surface area contributed by atoms with E-state index in [1.807, 2.05) is 22.7 Å². The molecule has 0 nitrogen and oxygen atoms in total. The summed E-state index contributed by atoms with van der Waals surface area (Å²) in [4.78, 5) is 1.26. The molecule has 0 aliphatic carbocycles. The zero-order valence-corrected chi connectivity index (χ0v) is 21.7. The monoisotopic (exact) mass is 486 g/mol. The lowest BCUT2D eigenvalue weighted by atomic mass is 10.0. The summed E-state index contributed by atoms with van der Waals surface area (Å²) >= 11 is 5.59. The summed E-state index contributed by atoms with van der Waals surface area (Å²) in [6.45, 7) is 0. The van der Waals surface area contributed by atoms with Gasteiger partial charge in [0.1, 0.15) is 0 Å². The van der Waals surface area contributed by atoms with Crippen molar-refractivity contribution in [3.05, 3.63) is 66.2 Å². The quantitative estimate of drug-likeness (QED) is 0.165. The van der Waals surface area contributed by atoms with Gasteiger partial charge in [0.05, 0.1) is 0 Å². The second-order valence-corrected chi connectivity index (χ2v) is 15.8. The number of hydrogen-bond acceptors (Lipinski definition) is 3. The van der Waals surface area contributed by atoms with E-state index in [0.29, 0.717) is 0 Å². The standard InChI is InChI=1S/C28H22S4/c1-29-25-13-19-12-21-23-16-27-22(20-7-5-6-8-24(20)30-27)15-28(23)31-26(21)14-18(19)11-17(25)9-10-32(2,3)4/h5-8,11-16H,1-4H3. The van der Waals surface area contributed by atoms with Gasteiger partial charge in [-0.15, -0.1) is 34.4 Å². The molecule has 0 atom stereocenters. The van der Waals surface area contributed by atoms with Crippen molar-refractivity contribution in [1.29, 1.82) is 0 Å². The third-order valence-corrected chi connectivity index (χ3v) is 9.48. The number of fused-ring (bicyclic) bond motifs is 7. The molecular weight excluding hydrogens is 465 g/mol. The minimum atomic E-state index is -0.849. The van der Waals surface area contributed by atoms with E-state index in [0.717, 1.165) is 5.56 Å². The highest BCUT2D eigenvalue weighted by Gasteiger charge is 2.12. The average molecular weight is 487 g/mol. The first-order chi connectivity index (χ1) is 15.4. The van der Waals surface area contributed by atoms with Gasteiger partial charge >= 0.3 is 0 Å². The molecular formula is C28H22S4. The minimum Gasteiger partial charge on any atom is -0.186 e. The molecule has 4 heteroatoms. The third kappa shape index (κ3) is 3.40. The van der Waals surface area contributed by atoms with Crippen LogP contribution in [-0.4, -0.2) is 25.0 Å². The molecule has 6 aromatic rings. The Morgan fingerprint density at radius 3 is 2.06 bits per heavy atom. The van der Waals surface area contributed by atoms with Crippen molar-refractivity contribution in [1.82, 2.24) is 0 Å². The first kappa shape index (κ1) is 20.4. The average Bonchev–Trinajstić information content (AvgIpc) is 3.30. The highest BCUT2D eigenvalue weighted by Crippen LogP contribution is 2.43. The second kappa shape index (κ2) is 7.43. The van der Waals surface area contributed by atoms with E-state index >= 15 is 0 Å². The van der Waals surface area contributed by atoms with Crippen molar-refractivity contribution in [2.75, 3.05) is 25.0 Å². The van der Waals surface area contributed by atoms with Gasteiger partial charge < -0.3 is 0 Å². The number of thiophene rings is 2.